The van der Waals surface area contributed by atoms with E-state index in [1.165, 1.54) is 0 Å². The number of amides is 1. The van der Waals surface area contributed by atoms with Crippen LogP contribution >= 0.6 is 0 Å². The first kappa shape index (κ1) is 18.0. The van der Waals surface area contributed by atoms with Crippen molar-refractivity contribution in [3.05, 3.63) is 0 Å². The van der Waals surface area contributed by atoms with Crippen molar-refractivity contribution in [2.75, 3.05) is 19.7 Å². The molecule has 5 nitrogen and oxygen atoms in total. The Morgan fingerprint density at radius 3 is 2.17 bits per heavy atom. The Morgan fingerprint density at radius 2 is 1.78 bits per heavy atom. The van der Waals surface area contributed by atoms with E-state index in [0.717, 1.165) is 17.7 Å². The molecule has 1 amide bonds. The van der Waals surface area contributed by atoms with Gasteiger partial charge in [0.25, 0.3) is 5.91 Å². The average molecular weight is 337 g/mol. The summed E-state index contributed by atoms with van der Waals surface area (Å²) in [5.41, 5.74) is -3.89. The van der Waals surface area contributed by atoms with Crippen molar-refractivity contribution < 1.29 is 32.6 Å². The van der Waals surface area contributed by atoms with Crippen molar-refractivity contribution >= 4 is 11.9 Å². The van der Waals surface area contributed by atoms with Crippen molar-refractivity contribution in [2.45, 2.75) is 51.3 Å². The number of likely N-dealkylation sites (tertiary alicyclic amines) is 1. The number of nitrogens with zero attached hydrogens (tertiary/aromatic N) is 1. The molecule has 8 heteroatoms. The minimum Gasteiger partial charge on any atom is -0.466 e. The Balaban J connectivity index is 1.97. The normalized spacial score (nSPS) is 24.0. The SMILES string of the molecule is CCOC(=O)C1(C2CCN(C(=O)C(C)(O)C(F)(F)F)CC2)CC1. The molecule has 1 heterocycles. The van der Waals surface area contributed by atoms with E-state index in [-0.39, 0.29) is 25.0 Å². The zero-order valence-electron chi connectivity index (χ0n) is 13.3. The van der Waals surface area contributed by atoms with Gasteiger partial charge < -0.3 is 14.7 Å². The maximum Gasteiger partial charge on any atom is 0.426 e. The number of rotatable bonds is 4. The number of hydrogen-bond donors (Lipinski definition) is 1. The summed E-state index contributed by atoms with van der Waals surface area (Å²) in [7, 11) is 0. The quantitative estimate of drug-likeness (QED) is 0.796. The topological polar surface area (TPSA) is 66.8 Å². The lowest BCUT2D eigenvalue weighted by molar-refractivity contribution is -0.250. The van der Waals surface area contributed by atoms with Gasteiger partial charge in [0, 0.05) is 13.1 Å². The van der Waals surface area contributed by atoms with Gasteiger partial charge in [-0.3, -0.25) is 9.59 Å². The number of ether oxygens (including phenoxy) is 1. The molecule has 2 rings (SSSR count). The molecule has 0 spiro atoms. The van der Waals surface area contributed by atoms with Gasteiger partial charge in [0.2, 0.25) is 5.60 Å². The molecule has 1 saturated carbocycles. The number of piperidine rings is 1. The maximum absolute atomic E-state index is 12.7. The highest BCUT2D eigenvalue weighted by Gasteiger charge is 2.59. The van der Waals surface area contributed by atoms with Crippen LogP contribution in [0.2, 0.25) is 0 Å². The summed E-state index contributed by atoms with van der Waals surface area (Å²) in [5, 5.41) is 9.48. The first-order chi connectivity index (χ1) is 10.6. The van der Waals surface area contributed by atoms with E-state index in [1.807, 2.05) is 0 Å². The molecule has 0 radical (unpaired) electrons. The van der Waals surface area contributed by atoms with Crippen molar-refractivity contribution in [2.24, 2.45) is 11.3 Å². The van der Waals surface area contributed by atoms with Gasteiger partial charge >= 0.3 is 12.1 Å². The number of carbonyl (C=O) groups excluding carboxylic acids is 2. The molecule has 1 N–H and O–H groups in total. The zero-order chi connectivity index (χ0) is 17.5. The highest BCUT2D eigenvalue weighted by atomic mass is 19.4. The van der Waals surface area contributed by atoms with Crippen LogP contribution < -0.4 is 0 Å². The number of alkyl halides is 3. The van der Waals surface area contributed by atoms with Gasteiger partial charge in [0.05, 0.1) is 12.0 Å². The summed E-state index contributed by atoms with van der Waals surface area (Å²) < 4.78 is 43.3. The van der Waals surface area contributed by atoms with E-state index >= 15 is 0 Å². The lowest BCUT2D eigenvalue weighted by Crippen LogP contribution is -2.57. The summed E-state index contributed by atoms with van der Waals surface area (Å²) in [5.74, 6) is -1.56. The standard InChI is InChI=1S/C15H22F3NO4/c1-3-23-12(21)14(6-7-14)10-4-8-19(9-5-10)11(20)13(2,22)15(16,17)18/h10,22H,3-9H2,1-2H3. The third-order valence-corrected chi connectivity index (χ3v) is 5.00. The van der Waals surface area contributed by atoms with Crippen LogP contribution in [0.4, 0.5) is 13.2 Å². The fourth-order valence-corrected chi connectivity index (χ4v) is 3.25. The Kier molecular flexibility index (Phi) is 4.67. The molecule has 2 aliphatic rings. The molecule has 23 heavy (non-hydrogen) atoms. The van der Waals surface area contributed by atoms with Crippen LogP contribution in [0.1, 0.15) is 39.5 Å². The van der Waals surface area contributed by atoms with Crippen LogP contribution in [-0.4, -0.2) is 53.4 Å². The van der Waals surface area contributed by atoms with Gasteiger partial charge in [-0.25, -0.2) is 0 Å². The molecule has 1 aliphatic heterocycles. The van der Waals surface area contributed by atoms with Crippen molar-refractivity contribution in [1.29, 1.82) is 0 Å². The lowest BCUT2D eigenvalue weighted by Gasteiger charge is -2.38. The van der Waals surface area contributed by atoms with Crippen LogP contribution in [0.15, 0.2) is 0 Å². The summed E-state index contributed by atoms with van der Waals surface area (Å²) in [6, 6.07) is 0. The Morgan fingerprint density at radius 1 is 1.26 bits per heavy atom. The fourth-order valence-electron chi connectivity index (χ4n) is 3.25. The fraction of sp³-hybridized carbons (Fsp3) is 0.867. The molecular weight excluding hydrogens is 315 g/mol. The smallest absolute Gasteiger partial charge is 0.426 e. The number of aliphatic hydroxyl groups is 1. The minimum absolute atomic E-state index is 0.0152. The van der Waals surface area contributed by atoms with Gasteiger partial charge in [0.1, 0.15) is 0 Å². The predicted octanol–water partition coefficient (Wildman–Crippen LogP) is 1.88. The molecule has 0 aromatic rings. The third-order valence-electron chi connectivity index (χ3n) is 5.00. The van der Waals surface area contributed by atoms with E-state index in [2.05, 4.69) is 0 Å². The summed E-state index contributed by atoms with van der Waals surface area (Å²) in [6.45, 7) is 2.72. The minimum atomic E-state index is -5.01. The molecule has 1 atom stereocenters. The number of hydrogen-bond acceptors (Lipinski definition) is 4. The largest absolute Gasteiger partial charge is 0.466 e. The van der Waals surface area contributed by atoms with Gasteiger partial charge in [-0.1, -0.05) is 0 Å². The summed E-state index contributed by atoms with van der Waals surface area (Å²) in [4.78, 5) is 25.0. The maximum atomic E-state index is 12.7. The Bertz CT molecular complexity index is 478. The molecule has 1 unspecified atom stereocenters. The second kappa shape index (κ2) is 5.96. The molecule has 0 aromatic carbocycles. The van der Waals surface area contributed by atoms with Crippen molar-refractivity contribution in [3.63, 3.8) is 0 Å². The van der Waals surface area contributed by atoms with Gasteiger partial charge in [-0.15, -0.1) is 0 Å². The predicted molar refractivity (Wildman–Crippen MR) is 74.3 cm³/mol. The molecule has 0 bridgehead atoms. The van der Waals surface area contributed by atoms with Crippen LogP contribution in [-0.2, 0) is 14.3 Å². The Hall–Kier alpha value is -1.31. The molecule has 1 saturated heterocycles. The van der Waals surface area contributed by atoms with E-state index < -0.39 is 23.1 Å². The van der Waals surface area contributed by atoms with Crippen molar-refractivity contribution in [3.8, 4) is 0 Å². The first-order valence-electron chi connectivity index (χ1n) is 7.82. The van der Waals surface area contributed by atoms with E-state index in [0.29, 0.717) is 26.4 Å². The van der Waals surface area contributed by atoms with Crippen LogP contribution in [0.3, 0.4) is 0 Å². The van der Waals surface area contributed by atoms with Crippen LogP contribution in [0, 0.1) is 11.3 Å². The van der Waals surface area contributed by atoms with Gasteiger partial charge in [-0.05, 0) is 45.4 Å². The summed E-state index contributed by atoms with van der Waals surface area (Å²) >= 11 is 0. The second-order valence-electron chi connectivity index (χ2n) is 6.51. The molecule has 132 valence electrons. The lowest BCUT2D eigenvalue weighted by atomic mass is 9.81. The number of halogens is 3. The highest BCUT2D eigenvalue weighted by Crippen LogP contribution is 2.56. The van der Waals surface area contributed by atoms with Gasteiger partial charge in [-0.2, -0.15) is 13.2 Å². The van der Waals surface area contributed by atoms with Crippen LogP contribution in [0.25, 0.3) is 0 Å². The molecular formula is C15H22F3NO4. The van der Waals surface area contributed by atoms with E-state index in [1.54, 1.807) is 6.92 Å². The Labute approximate surface area is 132 Å². The average Bonchev–Trinajstić information content (AvgIpc) is 3.27. The second-order valence-corrected chi connectivity index (χ2v) is 6.51. The zero-order valence-corrected chi connectivity index (χ0v) is 13.3. The summed E-state index contributed by atoms with van der Waals surface area (Å²) in [6.07, 6.45) is -2.67. The van der Waals surface area contributed by atoms with E-state index in [4.69, 9.17) is 4.74 Å². The van der Waals surface area contributed by atoms with Crippen LogP contribution in [0.5, 0.6) is 0 Å². The van der Waals surface area contributed by atoms with Gasteiger partial charge in [0.15, 0.2) is 0 Å². The number of esters is 1. The van der Waals surface area contributed by atoms with E-state index in [9.17, 15) is 27.9 Å². The van der Waals surface area contributed by atoms with Crippen molar-refractivity contribution in [1.82, 2.24) is 4.90 Å². The number of carbonyl (C=O) groups is 2. The molecule has 1 aliphatic carbocycles. The monoisotopic (exact) mass is 337 g/mol. The highest BCUT2D eigenvalue weighted by molar-refractivity contribution is 5.85. The molecule has 0 aromatic heterocycles. The first-order valence-corrected chi connectivity index (χ1v) is 7.82. The third kappa shape index (κ3) is 3.18. The molecule has 2 fully saturated rings.